The molecule has 0 radical (unpaired) electrons. The van der Waals surface area contributed by atoms with Gasteiger partial charge in [-0.3, -0.25) is 4.68 Å². The minimum Gasteiger partial charge on any atom is -0.307 e. The smallest absolute Gasteiger partial charge is 0.0534 e. The molecule has 1 N–H and O–H groups in total. The number of nitrogens with one attached hydrogen (secondary N) is 1. The second-order valence-corrected chi connectivity index (χ2v) is 5.12. The lowest BCUT2D eigenvalue weighted by Crippen LogP contribution is -2.42. The van der Waals surface area contributed by atoms with Crippen LogP contribution in [0.1, 0.15) is 65.5 Å². The van der Waals surface area contributed by atoms with Gasteiger partial charge in [-0.05, 0) is 33.1 Å². The first-order valence-corrected chi connectivity index (χ1v) is 6.85. The highest BCUT2D eigenvalue weighted by Crippen LogP contribution is 2.20. The SMILES string of the molecule is CCC(CC)(CC)NCc1cnn(C(C)C)c1. The molecule has 98 valence electrons. The van der Waals surface area contributed by atoms with E-state index < -0.39 is 0 Å². The first-order valence-electron chi connectivity index (χ1n) is 6.85. The van der Waals surface area contributed by atoms with E-state index in [0.29, 0.717) is 11.6 Å². The first kappa shape index (κ1) is 14.2. The van der Waals surface area contributed by atoms with Gasteiger partial charge >= 0.3 is 0 Å². The fourth-order valence-electron chi connectivity index (χ4n) is 2.17. The normalized spacial score (nSPS) is 12.4. The molecular formula is C14H27N3. The van der Waals surface area contributed by atoms with Crippen LogP contribution in [0, 0.1) is 0 Å². The van der Waals surface area contributed by atoms with Crippen molar-refractivity contribution in [2.24, 2.45) is 0 Å². The van der Waals surface area contributed by atoms with Crippen LogP contribution in [0.15, 0.2) is 12.4 Å². The van der Waals surface area contributed by atoms with Crippen molar-refractivity contribution < 1.29 is 0 Å². The fraction of sp³-hybridized carbons (Fsp3) is 0.786. The molecule has 0 saturated carbocycles. The average Bonchev–Trinajstić information content (AvgIpc) is 2.81. The summed E-state index contributed by atoms with van der Waals surface area (Å²) in [6, 6.07) is 0.442. The van der Waals surface area contributed by atoms with E-state index in [1.807, 2.05) is 10.9 Å². The Bertz CT molecular complexity index is 316. The van der Waals surface area contributed by atoms with Crippen LogP contribution in [0.4, 0.5) is 0 Å². The largest absolute Gasteiger partial charge is 0.307 e. The zero-order valence-corrected chi connectivity index (χ0v) is 12.0. The van der Waals surface area contributed by atoms with Crippen molar-refractivity contribution in [3.05, 3.63) is 18.0 Å². The third kappa shape index (κ3) is 3.56. The lowest BCUT2D eigenvalue weighted by molar-refractivity contribution is 0.288. The summed E-state index contributed by atoms with van der Waals surface area (Å²) in [5, 5.41) is 8.07. The van der Waals surface area contributed by atoms with Crippen LogP contribution in [0.2, 0.25) is 0 Å². The number of hydrogen-bond acceptors (Lipinski definition) is 2. The zero-order chi connectivity index (χ0) is 12.9. The summed E-state index contributed by atoms with van der Waals surface area (Å²) in [5.41, 5.74) is 1.57. The maximum absolute atomic E-state index is 4.37. The van der Waals surface area contributed by atoms with Crippen molar-refractivity contribution in [1.82, 2.24) is 15.1 Å². The molecule has 0 aromatic carbocycles. The van der Waals surface area contributed by atoms with E-state index in [1.165, 1.54) is 24.8 Å². The minimum absolute atomic E-state index is 0.292. The molecule has 0 unspecified atom stereocenters. The van der Waals surface area contributed by atoms with Crippen LogP contribution in [-0.2, 0) is 6.54 Å². The van der Waals surface area contributed by atoms with Gasteiger partial charge in [0.25, 0.3) is 0 Å². The Kier molecular flexibility index (Phi) is 5.19. The van der Waals surface area contributed by atoms with Gasteiger partial charge in [0.1, 0.15) is 0 Å². The molecule has 0 aliphatic heterocycles. The van der Waals surface area contributed by atoms with E-state index in [9.17, 15) is 0 Å². The molecule has 1 rings (SSSR count). The molecule has 3 nitrogen and oxygen atoms in total. The molecule has 17 heavy (non-hydrogen) atoms. The van der Waals surface area contributed by atoms with Gasteiger partial charge in [0.2, 0.25) is 0 Å². The maximum atomic E-state index is 4.37. The summed E-state index contributed by atoms with van der Waals surface area (Å²) in [6.45, 7) is 12.0. The molecule has 0 aliphatic rings. The van der Waals surface area contributed by atoms with E-state index in [-0.39, 0.29) is 0 Å². The van der Waals surface area contributed by atoms with Gasteiger partial charge < -0.3 is 5.32 Å². The predicted molar refractivity (Wildman–Crippen MR) is 73.1 cm³/mol. The summed E-state index contributed by atoms with van der Waals surface area (Å²) >= 11 is 0. The van der Waals surface area contributed by atoms with E-state index >= 15 is 0 Å². The topological polar surface area (TPSA) is 29.9 Å². The number of nitrogens with zero attached hydrogens (tertiary/aromatic N) is 2. The summed E-state index contributed by atoms with van der Waals surface area (Å²) in [7, 11) is 0. The van der Waals surface area contributed by atoms with E-state index in [4.69, 9.17) is 0 Å². The van der Waals surface area contributed by atoms with Crippen LogP contribution in [0.25, 0.3) is 0 Å². The van der Waals surface area contributed by atoms with Crippen molar-refractivity contribution in [1.29, 1.82) is 0 Å². The van der Waals surface area contributed by atoms with Gasteiger partial charge in [0, 0.05) is 29.9 Å². The highest BCUT2D eigenvalue weighted by Gasteiger charge is 2.22. The average molecular weight is 237 g/mol. The molecule has 1 heterocycles. The number of aromatic nitrogens is 2. The van der Waals surface area contributed by atoms with Crippen LogP contribution in [0.3, 0.4) is 0 Å². The van der Waals surface area contributed by atoms with Gasteiger partial charge in [-0.15, -0.1) is 0 Å². The molecule has 0 aliphatic carbocycles. The molecule has 0 saturated heterocycles. The molecule has 3 heteroatoms. The molecule has 1 aromatic heterocycles. The lowest BCUT2D eigenvalue weighted by atomic mass is 9.90. The Morgan fingerprint density at radius 2 is 1.82 bits per heavy atom. The molecule has 0 amide bonds. The van der Waals surface area contributed by atoms with Crippen LogP contribution in [0.5, 0.6) is 0 Å². The summed E-state index contributed by atoms with van der Waals surface area (Å²) in [5.74, 6) is 0. The van der Waals surface area contributed by atoms with Crippen molar-refractivity contribution >= 4 is 0 Å². The minimum atomic E-state index is 0.292. The maximum Gasteiger partial charge on any atom is 0.0534 e. The third-order valence-electron chi connectivity index (χ3n) is 3.88. The second kappa shape index (κ2) is 6.20. The quantitative estimate of drug-likeness (QED) is 0.786. The van der Waals surface area contributed by atoms with Crippen molar-refractivity contribution in [3.63, 3.8) is 0 Å². The highest BCUT2D eigenvalue weighted by molar-refractivity contribution is 5.05. The lowest BCUT2D eigenvalue weighted by Gasteiger charge is -2.31. The number of rotatable bonds is 7. The Balaban J connectivity index is 2.59. The molecule has 0 fully saturated rings. The van der Waals surface area contributed by atoms with Gasteiger partial charge in [-0.1, -0.05) is 20.8 Å². The highest BCUT2D eigenvalue weighted by atomic mass is 15.3. The van der Waals surface area contributed by atoms with Crippen LogP contribution >= 0.6 is 0 Å². The van der Waals surface area contributed by atoms with Gasteiger partial charge in [0.15, 0.2) is 0 Å². The molecule has 0 bridgehead atoms. The van der Waals surface area contributed by atoms with Gasteiger partial charge in [-0.25, -0.2) is 0 Å². The van der Waals surface area contributed by atoms with E-state index in [2.05, 4.69) is 51.2 Å². The van der Waals surface area contributed by atoms with E-state index in [0.717, 1.165) is 6.54 Å². The molecule has 0 atom stereocenters. The first-order chi connectivity index (χ1) is 8.06. The number of hydrogen-bond donors (Lipinski definition) is 1. The fourth-order valence-corrected chi connectivity index (χ4v) is 2.17. The molecule has 0 spiro atoms. The van der Waals surface area contributed by atoms with E-state index in [1.54, 1.807) is 0 Å². The molecule has 1 aromatic rings. The Hall–Kier alpha value is -0.830. The molecular weight excluding hydrogens is 210 g/mol. The van der Waals surface area contributed by atoms with Crippen molar-refractivity contribution in [2.45, 2.75) is 72.0 Å². The predicted octanol–water partition coefficient (Wildman–Crippen LogP) is 3.52. The Morgan fingerprint density at radius 1 is 1.24 bits per heavy atom. The van der Waals surface area contributed by atoms with Crippen LogP contribution < -0.4 is 5.32 Å². The monoisotopic (exact) mass is 237 g/mol. The second-order valence-electron chi connectivity index (χ2n) is 5.12. The Labute approximate surface area is 106 Å². The third-order valence-corrected chi connectivity index (χ3v) is 3.88. The summed E-state index contributed by atoms with van der Waals surface area (Å²) < 4.78 is 2.02. The van der Waals surface area contributed by atoms with Crippen molar-refractivity contribution in [3.8, 4) is 0 Å². The van der Waals surface area contributed by atoms with Crippen molar-refractivity contribution in [2.75, 3.05) is 0 Å². The van der Waals surface area contributed by atoms with Gasteiger partial charge in [-0.2, -0.15) is 5.10 Å². The summed E-state index contributed by atoms with van der Waals surface area (Å²) in [6.07, 6.45) is 7.65. The Morgan fingerprint density at radius 3 is 2.24 bits per heavy atom. The zero-order valence-electron chi connectivity index (χ0n) is 12.0. The summed E-state index contributed by atoms with van der Waals surface area (Å²) in [4.78, 5) is 0. The standard InChI is InChI=1S/C14H27N3/c1-6-14(7-2,8-3)15-9-13-10-16-17(11-13)12(4)5/h10-12,15H,6-9H2,1-5H3. The van der Waals surface area contributed by atoms with Gasteiger partial charge in [0.05, 0.1) is 6.20 Å². The van der Waals surface area contributed by atoms with Crippen LogP contribution in [-0.4, -0.2) is 15.3 Å².